The summed E-state index contributed by atoms with van der Waals surface area (Å²) in [5.41, 5.74) is 2.54. The Morgan fingerprint density at radius 1 is 1.09 bits per heavy atom. The van der Waals surface area contributed by atoms with Gasteiger partial charge in [0, 0.05) is 32.7 Å². The van der Waals surface area contributed by atoms with Crippen LogP contribution in [0.25, 0.3) is 6.08 Å². The molecule has 1 N–H and O–H groups in total. The summed E-state index contributed by atoms with van der Waals surface area (Å²) in [6.45, 7) is 7.79. The van der Waals surface area contributed by atoms with Gasteiger partial charge in [-0.05, 0) is 24.8 Å². The number of benzene rings is 1. The molecule has 0 bridgehead atoms. The molecule has 2 rings (SSSR count). The van der Waals surface area contributed by atoms with Crippen LogP contribution in [0.2, 0.25) is 0 Å². The number of β-amino-alcohol motifs (C(OH)–C–C–N with tert-alkyl or cyclic N) is 1. The molecule has 0 saturated carbocycles. The van der Waals surface area contributed by atoms with Gasteiger partial charge in [0.2, 0.25) is 0 Å². The zero-order chi connectivity index (χ0) is 16.9. The molecule has 1 aromatic rings. The lowest BCUT2D eigenvalue weighted by Crippen LogP contribution is -2.50. The van der Waals surface area contributed by atoms with Crippen molar-refractivity contribution in [3.63, 3.8) is 0 Å². The summed E-state index contributed by atoms with van der Waals surface area (Å²) < 4.78 is 0.806. The summed E-state index contributed by atoms with van der Waals surface area (Å²) in [4.78, 5) is 4.74. The van der Waals surface area contributed by atoms with Crippen LogP contribution in [-0.2, 0) is 0 Å². The maximum absolute atomic E-state index is 10.2. The predicted octanol–water partition coefficient (Wildman–Crippen LogP) is 1.65. The first kappa shape index (κ1) is 18.0. The molecule has 0 aliphatic carbocycles. The molecule has 4 heteroatoms. The van der Waals surface area contributed by atoms with Crippen molar-refractivity contribution in [1.29, 1.82) is 0 Å². The standard InChI is InChI=1S/C19H32N3O/c1-17-5-7-18(8-6-17)9-10-20-11-13-21(14-12-20)15-19(23)16-22(2,3)4/h5-10,19,23H,11-16H2,1-4H3/q+1. The molecule has 0 spiro atoms. The fourth-order valence-corrected chi connectivity index (χ4v) is 2.95. The van der Waals surface area contributed by atoms with E-state index in [2.05, 4.69) is 74.4 Å². The maximum atomic E-state index is 10.2. The van der Waals surface area contributed by atoms with Gasteiger partial charge < -0.3 is 14.5 Å². The lowest BCUT2D eigenvalue weighted by molar-refractivity contribution is -0.873. The van der Waals surface area contributed by atoms with E-state index in [-0.39, 0.29) is 6.10 Å². The minimum absolute atomic E-state index is 0.246. The minimum Gasteiger partial charge on any atom is -0.386 e. The fraction of sp³-hybridized carbons (Fsp3) is 0.579. The first-order valence-electron chi connectivity index (χ1n) is 8.52. The van der Waals surface area contributed by atoms with E-state index < -0.39 is 0 Å². The summed E-state index contributed by atoms with van der Waals surface area (Å²) in [6, 6.07) is 8.60. The third-order valence-corrected chi connectivity index (χ3v) is 4.19. The topological polar surface area (TPSA) is 26.7 Å². The average Bonchev–Trinajstić information content (AvgIpc) is 2.46. The molecule has 0 amide bonds. The summed E-state index contributed by atoms with van der Waals surface area (Å²) >= 11 is 0. The first-order valence-corrected chi connectivity index (χ1v) is 8.52. The van der Waals surface area contributed by atoms with Gasteiger partial charge in [0.05, 0.1) is 21.1 Å². The average molecular weight is 318 g/mol. The van der Waals surface area contributed by atoms with Crippen LogP contribution in [0.3, 0.4) is 0 Å². The number of aliphatic hydroxyl groups is 1. The summed E-state index contributed by atoms with van der Waals surface area (Å²) in [5, 5.41) is 10.2. The number of hydrogen-bond acceptors (Lipinski definition) is 3. The molecule has 1 fully saturated rings. The highest BCUT2D eigenvalue weighted by Crippen LogP contribution is 2.09. The second-order valence-corrected chi connectivity index (χ2v) is 7.69. The van der Waals surface area contributed by atoms with E-state index in [4.69, 9.17) is 0 Å². The van der Waals surface area contributed by atoms with Gasteiger partial charge in [-0.25, -0.2) is 0 Å². The summed E-state index contributed by atoms with van der Waals surface area (Å²) in [7, 11) is 6.37. The van der Waals surface area contributed by atoms with E-state index in [9.17, 15) is 5.11 Å². The Morgan fingerprint density at radius 2 is 1.70 bits per heavy atom. The van der Waals surface area contributed by atoms with Crippen molar-refractivity contribution < 1.29 is 9.59 Å². The Balaban J connectivity index is 1.74. The predicted molar refractivity (Wildman–Crippen MR) is 97.1 cm³/mol. The number of likely N-dealkylation sites (N-methyl/N-ethyl adjacent to an activating group) is 1. The van der Waals surface area contributed by atoms with Crippen LogP contribution in [0.15, 0.2) is 30.5 Å². The maximum Gasteiger partial charge on any atom is 0.115 e. The molecule has 0 radical (unpaired) electrons. The summed E-state index contributed by atoms with van der Waals surface area (Å²) in [6.07, 6.45) is 4.13. The van der Waals surface area contributed by atoms with Gasteiger partial charge in [-0.1, -0.05) is 29.8 Å². The molecule has 0 aromatic heterocycles. The lowest BCUT2D eigenvalue weighted by Gasteiger charge is -2.36. The Labute approximate surface area is 141 Å². The molecule has 1 aliphatic heterocycles. The van der Waals surface area contributed by atoms with Crippen molar-refractivity contribution in [2.75, 3.05) is 60.4 Å². The number of quaternary nitrogens is 1. The van der Waals surface area contributed by atoms with Gasteiger partial charge in [0.15, 0.2) is 0 Å². The number of rotatable bonds is 6. The molecular formula is C19H32N3O+. The largest absolute Gasteiger partial charge is 0.386 e. The molecule has 1 atom stereocenters. The molecule has 23 heavy (non-hydrogen) atoms. The van der Waals surface area contributed by atoms with E-state index >= 15 is 0 Å². The summed E-state index contributed by atoms with van der Waals surface area (Å²) in [5.74, 6) is 0. The van der Waals surface area contributed by atoms with Crippen LogP contribution in [-0.4, -0.2) is 85.9 Å². The zero-order valence-electron chi connectivity index (χ0n) is 15.1. The van der Waals surface area contributed by atoms with Crippen molar-refractivity contribution in [1.82, 2.24) is 9.80 Å². The van der Waals surface area contributed by atoms with E-state index in [0.717, 1.165) is 43.8 Å². The highest BCUT2D eigenvalue weighted by Gasteiger charge is 2.21. The Kier molecular flexibility index (Phi) is 6.22. The van der Waals surface area contributed by atoms with Gasteiger partial charge in [-0.3, -0.25) is 4.90 Å². The van der Waals surface area contributed by atoms with Crippen molar-refractivity contribution in [2.45, 2.75) is 13.0 Å². The van der Waals surface area contributed by atoms with Crippen molar-refractivity contribution >= 4 is 6.08 Å². The number of aliphatic hydroxyl groups excluding tert-OH is 1. The third kappa shape index (κ3) is 6.73. The quantitative estimate of drug-likeness (QED) is 0.808. The normalized spacial score (nSPS) is 18.6. The molecule has 1 heterocycles. The fourth-order valence-electron chi connectivity index (χ4n) is 2.95. The van der Waals surface area contributed by atoms with Crippen molar-refractivity contribution in [2.24, 2.45) is 0 Å². The number of nitrogens with zero attached hydrogens (tertiary/aromatic N) is 3. The highest BCUT2D eigenvalue weighted by molar-refractivity contribution is 5.49. The van der Waals surface area contributed by atoms with Crippen molar-refractivity contribution in [3.05, 3.63) is 41.6 Å². The third-order valence-electron chi connectivity index (χ3n) is 4.19. The van der Waals surface area contributed by atoms with Crippen LogP contribution in [0.5, 0.6) is 0 Å². The Hall–Kier alpha value is -1.36. The second kappa shape index (κ2) is 7.95. The first-order chi connectivity index (χ1) is 10.8. The van der Waals surface area contributed by atoms with Crippen LogP contribution in [0, 0.1) is 6.92 Å². The lowest BCUT2D eigenvalue weighted by atomic mass is 10.1. The van der Waals surface area contributed by atoms with Crippen molar-refractivity contribution in [3.8, 4) is 0 Å². The van der Waals surface area contributed by atoms with Gasteiger partial charge >= 0.3 is 0 Å². The Morgan fingerprint density at radius 3 is 2.26 bits per heavy atom. The van der Waals surface area contributed by atoms with E-state index in [1.165, 1.54) is 11.1 Å². The van der Waals surface area contributed by atoms with Gasteiger partial charge in [-0.2, -0.15) is 0 Å². The van der Waals surface area contributed by atoms with E-state index in [1.54, 1.807) is 0 Å². The van der Waals surface area contributed by atoms with Crippen LogP contribution >= 0.6 is 0 Å². The minimum atomic E-state index is -0.246. The van der Waals surface area contributed by atoms with E-state index in [0.29, 0.717) is 0 Å². The number of piperazine rings is 1. The highest BCUT2D eigenvalue weighted by atomic mass is 16.3. The second-order valence-electron chi connectivity index (χ2n) is 7.69. The molecule has 128 valence electrons. The van der Waals surface area contributed by atoms with Gasteiger partial charge in [0.25, 0.3) is 0 Å². The molecule has 1 saturated heterocycles. The number of aryl methyl sites for hydroxylation is 1. The number of hydrogen-bond donors (Lipinski definition) is 1. The zero-order valence-corrected chi connectivity index (χ0v) is 15.1. The van der Waals surface area contributed by atoms with E-state index in [1.807, 2.05) is 0 Å². The monoisotopic (exact) mass is 318 g/mol. The van der Waals surface area contributed by atoms with Crippen LogP contribution in [0.1, 0.15) is 11.1 Å². The van der Waals surface area contributed by atoms with Crippen LogP contribution in [0.4, 0.5) is 0 Å². The molecule has 1 aliphatic rings. The van der Waals surface area contributed by atoms with Gasteiger partial charge in [0.1, 0.15) is 12.6 Å². The molecule has 4 nitrogen and oxygen atoms in total. The smallest absolute Gasteiger partial charge is 0.115 e. The van der Waals surface area contributed by atoms with Gasteiger partial charge in [-0.15, -0.1) is 0 Å². The molecule has 1 unspecified atom stereocenters. The molecular weight excluding hydrogens is 286 g/mol. The Bertz CT molecular complexity index is 496. The molecule has 1 aromatic carbocycles. The van der Waals surface area contributed by atoms with Crippen LogP contribution < -0.4 is 0 Å². The SMILES string of the molecule is Cc1ccc(C=CN2CCN(CC(O)C[N+](C)(C)C)CC2)cc1.